The molecule has 2 atom stereocenters. The van der Waals surface area contributed by atoms with Crippen LogP contribution in [0.5, 0.6) is 0 Å². The van der Waals surface area contributed by atoms with Crippen molar-refractivity contribution in [2.45, 2.75) is 60.9 Å². The second kappa shape index (κ2) is 4.54. The molecule has 15 heavy (non-hydrogen) atoms. The van der Waals surface area contributed by atoms with Gasteiger partial charge in [0, 0.05) is 11.5 Å². The molecular formula is C13H27NO. The maximum Gasteiger partial charge on any atom is 0.223 e. The van der Waals surface area contributed by atoms with E-state index in [2.05, 4.69) is 33.0 Å². The minimum absolute atomic E-state index is 0.0595. The molecule has 0 aromatic carbocycles. The Kier molecular flexibility index (Phi) is 4.38. The molecule has 1 N–H and O–H groups in total. The van der Waals surface area contributed by atoms with Crippen molar-refractivity contribution in [2.24, 2.45) is 17.3 Å². The molecule has 0 saturated heterocycles. The van der Waals surface area contributed by atoms with Crippen LogP contribution in [0.3, 0.4) is 0 Å². The number of nitrogens with one attached hydrogen (secondary N) is 1. The number of hydrogen-bond donors (Lipinski definition) is 1. The van der Waals surface area contributed by atoms with E-state index in [1.165, 1.54) is 0 Å². The Hall–Kier alpha value is -0.530. The molecule has 0 fully saturated rings. The van der Waals surface area contributed by atoms with Crippen LogP contribution < -0.4 is 5.32 Å². The Bertz CT molecular complexity index is 220. The normalized spacial score (nSPS) is 17.1. The number of carbonyl (C=O) groups excluding carboxylic acids is 1. The number of amides is 1. The third-order valence-electron chi connectivity index (χ3n) is 3.03. The molecule has 2 unspecified atom stereocenters. The fourth-order valence-corrected chi connectivity index (χ4v) is 1.46. The van der Waals surface area contributed by atoms with Crippen molar-refractivity contribution in [2.75, 3.05) is 0 Å². The van der Waals surface area contributed by atoms with Crippen LogP contribution in [0, 0.1) is 17.3 Å². The Morgan fingerprint density at radius 3 is 1.67 bits per heavy atom. The van der Waals surface area contributed by atoms with Gasteiger partial charge < -0.3 is 5.32 Å². The molecule has 0 heterocycles. The van der Waals surface area contributed by atoms with Gasteiger partial charge in [-0.3, -0.25) is 4.79 Å². The molecule has 0 saturated carbocycles. The van der Waals surface area contributed by atoms with Gasteiger partial charge in [0.1, 0.15) is 0 Å². The lowest BCUT2D eigenvalue weighted by molar-refractivity contribution is -0.128. The molecule has 0 radical (unpaired) electrons. The van der Waals surface area contributed by atoms with E-state index >= 15 is 0 Å². The van der Waals surface area contributed by atoms with E-state index in [1.807, 2.05) is 27.7 Å². The molecule has 0 rings (SSSR count). The van der Waals surface area contributed by atoms with Crippen molar-refractivity contribution in [3.05, 3.63) is 0 Å². The SMILES string of the molecule is CC(C(=O)NC(C)(C)C)C(C)C(C)(C)C. The molecular weight excluding hydrogens is 186 g/mol. The summed E-state index contributed by atoms with van der Waals surface area (Å²) >= 11 is 0. The van der Waals surface area contributed by atoms with Crippen LogP contribution in [0.25, 0.3) is 0 Å². The summed E-state index contributed by atoms with van der Waals surface area (Å²) in [6.45, 7) is 16.7. The van der Waals surface area contributed by atoms with Crippen molar-refractivity contribution in [1.29, 1.82) is 0 Å². The van der Waals surface area contributed by atoms with Gasteiger partial charge >= 0.3 is 0 Å². The summed E-state index contributed by atoms with van der Waals surface area (Å²) in [5, 5.41) is 3.03. The van der Waals surface area contributed by atoms with Crippen LogP contribution >= 0.6 is 0 Å². The van der Waals surface area contributed by atoms with Gasteiger partial charge in [-0.05, 0) is 32.1 Å². The smallest absolute Gasteiger partial charge is 0.223 e. The summed E-state index contributed by atoms with van der Waals surface area (Å²) in [6, 6.07) is 0. The lowest BCUT2D eigenvalue weighted by atomic mass is 9.74. The number of rotatable bonds is 2. The van der Waals surface area contributed by atoms with E-state index in [9.17, 15) is 4.79 Å². The van der Waals surface area contributed by atoms with Crippen molar-refractivity contribution < 1.29 is 4.79 Å². The van der Waals surface area contributed by atoms with Gasteiger partial charge in [-0.2, -0.15) is 0 Å². The Morgan fingerprint density at radius 1 is 1.00 bits per heavy atom. The van der Waals surface area contributed by atoms with Gasteiger partial charge in [0.2, 0.25) is 5.91 Å². The summed E-state index contributed by atoms with van der Waals surface area (Å²) in [7, 11) is 0. The fraction of sp³-hybridized carbons (Fsp3) is 0.923. The highest BCUT2D eigenvalue weighted by Gasteiger charge is 2.31. The summed E-state index contributed by atoms with van der Waals surface area (Å²) in [5.41, 5.74) is 0.0393. The highest BCUT2D eigenvalue weighted by Crippen LogP contribution is 2.31. The lowest BCUT2D eigenvalue weighted by Crippen LogP contribution is -2.46. The molecule has 0 bridgehead atoms. The first-order valence-electron chi connectivity index (χ1n) is 5.77. The lowest BCUT2D eigenvalue weighted by Gasteiger charge is -2.33. The van der Waals surface area contributed by atoms with Crippen LogP contribution in [0.2, 0.25) is 0 Å². The largest absolute Gasteiger partial charge is 0.351 e. The Balaban J connectivity index is 4.46. The van der Waals surface area contributed by atoms with E-state index in [0.29, 0.717) is 5.92 Å². The van der Waals surface area contributed by atoms with Crippen molar-refractivity contribution in [1.82, 2.24) is 5.32 Å². The van der Waals surface area contributed by atoms with Gasteiger partial charge in [-0.15, -0.1) is 0 Å². The summed E-state index contributed by atoms with van der Waals surface area (Å²) in [4.78, 5) is 11.9. The van der Waals surface area contributed by atoms with E-state index in [-0.39, 0.29) is 22.8 Å². The second-order valence-corrected chi connectivity index (χ2v) is 6.68. The molecule has 1 amide bonds. The molecule has 0 aliphatic rings. The standard InChI is InChI=1S/C13H27NO/c1-9(10(2)12(3,4)5)11(15)14-13(6,7)8/h9-10H,1-8H3,(H,14,15). The summed E-state index contributed by atoms with van der Waals surface area (Å²) in [6.07, 6.45) is 0. The average molecular weight is 213 g/mol. The van der Waals surface area contributed by atoms with Crippen LogP contribution in [-0.2, 0) is 4.79 Å². The molecule has 0 aliphatic heterocycles. The van der Waals surface area contributed by atoms with E-state index < -0.39 is 0 Å². The monoisotopic (exact) mass is 213 g/mol. The quantitative estimate of drug-likeness (QED) is 0.749. The van der Waals surface area contributed by atoms with E-state index in [0.717, 1.165) is 0 Å². The first kappa shape index (κ1) is 14.5. The fourth-order valence-electron chi connectivity index (χ4n) is 1.46. The molecule has 0 aromatic rings. The Labute approximate surface area is 94.8 Å². The van der Waals surface area contributed by atoms with Gasteiger partial charge in [-0.1, -0.05) is 34.6 Å². The van der Waals surface area contributed by atoms with Crippen molar-refractivity contribution in [3.8, 4) is 0 Å². The minimum Gasteiger partial charge on any atom is -0.351 e. The zero-order valence-corrected chi connectivity index (χ0v) is 11.6. The van der Waals surface area contributed by atoms with Gasteiger partial charge in [0.15, 0.2) is 0 Å². The maximum absolute atomic E-state index is 11.9. The molecule has 90 valence electrons. The van der Waals surface area contributed by atoms with E-state index in [4.69, 9.17) is 0 Å². The molecule has 0 spiro atoms. The maximum atomic E-state index is 11.9. The predicted octanol–water partition coefficient (Wildman–Crippen LogP) is 3.22. The van der Waals surface area contributed by atoms with Gasteiger partial charge in [0.05, 0.1) is 0 Å². The first-order chi connectivity index (χ1) is 6.45. The summed E-state index contributed by atoms with van der Waals surface area (Å²) in [5.74, 6) is 0.592. The highest BCUT2D eigenvalue weighted by molar-refractivity contribution is 5.79. The number of hydrogen-bond acceptors (Lipinski definition) is 1. The minimum atomic E-state index is -0.136. The third-order valence-corrected chi connectivity index (χ3v) is 3.03. The molecule has 0 aliphatic carbocycles. The predicted molar refractivity (Wildman–Crippen MR) is 65.7 cm³/mol. The molecule has 2 nitrogen and oxygen atoms in total. The van der Waals surface area contributed by atoms with Crippen LogP contribution in [-0.4, -0.2) is 11.4 Å². The topological polar surface area (TPSA) is 29.1 Å². The summed E-state index contributed by atoms with van der Waals surface area (Å²) < 4.78 is 0. The van der Waals surface area contributed by atoms with Crippen molar-refractivity contribution in [3.63, 3.8) is 0 Å². The first-order valence-corrected chi connectivity index (χ1v) is 5.77. The third kappa shape index (κ3) is 5.19. The Morgan fingerprint density at radius 2 is 1.40 bits per heavy atom. The highest BCUT2D eigenvalue weighted by atomic mass is 16.2. The zero-order valence-electron chi connectivity index (χ0n) is 11.6. The average Bonchev–Trinajstić information content (AvgIpc) is 1.96. The van der Waals surface area contributed by atoms with Crippen LogP contribution in [0.4, 0.5) is 0 Å². The zero-order chi connectivity index (χ0) is 12.4. The number of carbonyl (C=O) groups is 1. The van der Waals surface area contributed by atoms with Crippen molar-refractivity contribution >= 4 is 5.91 Å². The molecule has 0 aromatic heterocycles. The van der Waals surface area contributed by atoms with Gasteiger partial charge in [-0.25, -0.2) is 0 Å². The van der Waals surface area contributed by atoms with Crippen LogP contribution in [0.1, 0.15) is 55.4 Å². The van der Waals surface area contributed by atoms with Gasteiger partial charge in [0.25, 0.3) is 0 Å². The van der Waals surface area contributed by atoms with Crippen LogP contribution in [0.15, 0.2) is 0 Å². The second-order valence-electron chi connectivity index (χ2n) is 6.68. The van der Waals surface area contributed by atoms with E-state index in [1.54, 1.807) is 0 Å². The molecule has 2 heteroatoms.